The average molecular weight is 333 g/mol. The summed E-state index contributed by atoms with van der Waals surface area (Å²) in [6, 6.07) is 14.5. The van der Waals surface area contributed by atoms with Gasteiger partial charge in [-0.15, -0.1) is 21.4 Å². The molecule has 0 saturated carbocycles. The molecule has 0 unspecified atom stereocenters. The van der Waals surface area contributed by atoms with Crippen molar-refractivity contribution in [1.82, 2.24) is 25.5 Å². The van der Waals surface area contributed by atoms with Gasteiger partial charge in [-0.1, -0.05) is 36.3 Å². The fraction of sp³-hybridized carbons (Fsp3) is 0.111. The molecule has 1 heterocycles. The number of carbonyl (C=O) groups excluding carboxylic acids is 1. The van der Waals surface area contributed by atoms with Crippen LogP contribution in [0.1, 0.15) is 10.4 Å². The summed E-state index contributed by atoms with van der Waals surface area (Å²) < 4.78 is 5.36. The van der Waals surface area contributed by atoms with Crippen molar-refractivity contribution in [3.8, 4) is 35.2 Å². The van der Waals surface area contributed by atoms with E-state index in [0.717, 1.165) is 5.56 Å². The first-order valence-corrected chi connectivity index (χ1v) is 7.48. The Kier molecular flexibility index (Phi) is 4.72. The molecule has 7 nitrogen and oxygen atoms in total. The van der Waals surface area contributed by atoms with Gasteiger partial charge in [0.15, 0.2) is 0 Å². The van der Waals surface area contributed by atoms with Crippen molar-refractivity contribution in [1.29, 1.82) is 0 Å². The maximum absolute atomic E-state index is 12.0. The molecular formula is C18H15N5O2. The standard InChI is InChI=1S/C18H15N5O2/c1-3-11-19-18(24)14-9-10-15(16(12-14)25-2)23-21-17(20-22-23)13-7-5-4-6-8-13/h1,4-10,12H,11H2,2H3,(H,19,24). The summed E-state index contributed by atoms with van der Waals surface area (Å²) in [6.45, 7) is 0.161. The van der Waals surface area contributed by atoms with E-state index in [1.807, 2.05) is 30.3 Å². The Morgan fingerprint density at radius 1 is 1.28 bits per heavy atom. The summed E-state index contributed by atoms with van der Waals surface area (Å²) >= 11 is 0. The van der Waals surface area contributed by atoms with E-state index < -0.39 is 0 Å². The van der Waals surface area contributed by atoms with E-state index in [2.05, 4.69) is 26.6 Å². The zero-order chi connectivity index (χ0) is 17.6. The summed E-state index contributed by atoms with van der Waals surface area (Å²) in [5.41, 5.74) is 1.86. The van der Waals surface area contributed by atoms with Crippen molar-refractivity contribution in [3.05, 3.63) is 54.1 Å². The number of terminal acetylenes is 1. The fourth-order valence-electron chi connectivity index (χ4n) is 2.24. The highest BCUT2D eigenvalue weighted by Crippen LogP contribution is 2.24. The number of hydrogen-bond acceptors (Lipinski definition) is 5. The van der Waals surface area contributed by atoms with Crippen LogP contribution in [0.3, 0.4) is 0 Å². The highest BCUT2D eigenvalue weighted by molar-refractivity contribution is 5.95. The Balaban J connectivity index is 1.91. The Morgan fingerprint density at radius 3 is 2.80 bits per heavy atom. The van der Waals surface area contributed by atoms with Crippen LogP contribution in [0.2, 0.25) is 0 Å². The van der Waals surface area contributed by atoms with E-state index in [1.54, 1.807) is 18.2 Å². The number of ether oxygens (including phenoxy) is 1. The largest absolute Gasteiger partial charge is 0.494 e. The van der Waals surface area contributed by atoms with Crippen LogP contribution in [0.25, 0.3) is 17.1 Å². The molecule has 2 aromatic carbocycles. The van der Waals surface area contributed by atoms with Crippen LogP contribution in [0.5, 0.6) is 5.75 Å². The lowest BCUT2D eigenvalue weighted by molar-refractivity contribution is 0.0958. The predicted molar refractivity (Wildman–Crippen MR) is 92.3 cm³/mol. The van der Waals surface area contributed by atoms with E-state index in [1.165, 1.54) is 11.9 Å². The van der Waals surface area contributed by atoms with Gasteiger partial charge in [0.05, 0.1) is 13.7 Å². The molecule has 7 heteroatoms. The molecule has 124 valence electrons. The van der Waals surface area contributed by atoms with Crippen molar-refractivity contribution >= 4 is 5.91 Å². The summed E-state index contributed by atoms with van der Waals surface area (Å²) in [7, 11) is 1.51. The van der Waals surface area contributed by atoms with Gasteiger partial charge in [-0.05, 0) is 23.4 Å². The van der Waals surface area contributed by atoms with E-state index in [0.29, 0.717) is 22.8 Å². The van der Waals surface area contributed by atoms with Gasteiger partial charge in [0.1, 0.15) is 11.4 Å². The molecule has 25 heavy (non-hydrogen) atoms. The first-order chi connectivity index (χ1) is 12.2. The van der Waals surface area contributed by atoms with Crippen LogP contribution in [-0.4, -0.2) is 39.8 Å². The molecule has 3 rings (SSSR count). The maximum Gasteiger partial charge on any atom is 0.252 e. The lowest BCUT2D eigenvalue weighted by Gasteiger charge is -2.09. The smallest absolute Gasteiger partial charge is 0.252 e. The lowest BCUT2D eigenvalue weighted by Crippen LogP contribution is -2.23. The molecule has 0 radical (unpaired) electrons. The van der Waals surface area contributed by atoms with Crippen LogP contribution in [0, 0.1) is 12.3 Å². The molecule has 0 spiro atoms. The van der Waals surface area contributed by atoms with Gasteiger partial charge in [0.25, 0.3) is 5.91 Å². The number of nitrogens with one attached hydrogen (secondary N) is 1. The predicted octanol–water partition coefficient (Wildman–Crippen LogP) is 1.70. The Hall–Kier alpha value is -3.66. The number of tetrazole rings is 1. The number of carbonyl (C=O) groups is 1. The van der Waals surface area contributed by atoms with Gasteiger partial charge in [-0.25, -0.2) is 0 Å². The zero-order valence-corrected chi connectivity index (χ0v) is 13.5. The van der Waals surface area contributed by atoms with Crippen LogP contribution in [-0.2, 0) is 0 Å². The van der Waals surface area contributed by atoms with Crippen LogP contribution in [0.15, 0.2) is 48.5 Å². The minimum atomic E-state index is -0.278. The summed E-state index contributed by atoms with van der Waals surface area (Å²) in [5, 5.41) is 15.1. The first-order valence-electron chi connectivity index (χ1n) is 7.48. The van der Waals surface area contributed by atoms with E-state index in [9.17, 15) is 4.79 Å². The topological polar surface area (TPSA) is 81.9 Å². The molecule has 0 fully saturated rings. The Morgan fingerprint density at radius 2 is 2.08 bits per heavy atom. The zero-order valence-electron chi connectivity index (χ0n) is 13.5. The Labute approximate surface area is 144 Å². The third kappa shape index (κ3) is 3.48. The van der Waals surface area contributed by atoms with Crippen LogP contribution >= 0.6 is 0 Å². The highest BCUT2D eigenvalue weighted by Gasteiger charge is 2.14. The summed E-state index contributed by atoms with van der Waals surface area (Å²) in [4.78, 5) is 13.4. The SMILES string of the molecule is C#CCNC(=O)c1ccc(-n2nnc(-c3ccccc3)n2)c(OC)c1. The number of amides is 1. The molecule has 3 aromatic rings. The maximum atomic E-state index is 12.0. The summed E-state index contributed by atoms with van der Waals surface area (Å²) in [6.07, 6.45) is 5.15. The minimum absolute atomic E-state index is 0.161. The third-order valence-corrected chi connectivity index (χ3v) is 3.45. The molecule has 1 aromatic heterocycles. The van der Waals surface area contributed by atoms with Crippen LogP contribution in [0.4, 0.5) is 0 Å². The number of rotatable bonds is 5. The molecule has 0 atom stereocenters. The molecule has 0 aliphatic heterocycles. The van der Waals surface area contributed by atoms with Crippen molar-refractivity contribution < 1.29 is 9.53 Å². The molecule has 0 aliphatic carbocycles. The third-order valence-electron chi connectivity index (χ3n) is 3.45. The molecule has 1 amide bonds. The monoisotopic (exact) mass is 333 g/mol. The van der Waals surface area contributed by atoms with Gasteiger partial charge in [-0.2, -0.15) is 0 Å². The van der Waals surface area contributed by atoms with Gasteiger partial charge in [0, 0.05) is 11.1 Å². The molecule has 0 saturated heterocycles. The average Bonchev–Trinajstić information content (AvgIpc) is 3.16. The Bertz CT molecular complexity index is 928. The second-order valence-corrected chi connectivity index (χ2v) is 5.04. The number of hydrogen-bond donors (Lipinski definition) is 1. The number of aromatic nitrogens is 4. The fourth-order valence-corrected chi connectivity index (χ4v) is 2.24. The molecule has 0 aliphatic rings. The van der Waals surface area contributed by atoms with Gasteiger partial charge >= 0.3 is 0 Å². The van der Waals surface area contributed by atoms with Gasteiger partial charge in [0.2, 0.25) is 5.82 Å². The highest BCUT2D eigenvalue weighted by atomic mass is 16.5. The second kappa shape index (κ2) is 7.27. The van der Waals surface area contributed by atoms with E-state index in [-0.39, 0.29) is 12.5 Å². The lowest BCUT2D eigenvalue weighted by atomic mass is 10.1. The number of nitrogens with zero attached hydrogens (tertiary/aromatic N) is 4. The second-order valence-electron chi connectivity index (χ2n) is 5.04. The minimum Gasteiger partial charge on any atom is -0.494 e. The number of methoxy groups -OCH3 is 1. The molecular weight excluding hydrogens is 318 g/mol. The van der Waals surface area contributed by atoms with Crippen molar-refractivity contribution in [3.63, 3.8) is 0 Å². The van der Waals surface area contributed by atoms with Gasteiger partial charge in [-0.3, -0.25) is 4.79 Å². The van der Waals surface area contributed by atoms with Crippen molar-refractivity contribution in [2.45, 2.75) is 0 Å². The normalized spacial score (nSPS) is 10.1. The van der Waals surface area contributed by atoms with Crippen molar-refractivity contribution in [2.75, 3.05) is 13.7 Å². The van der Waals surface area contributed by atoms with Crippen LogP contribution < -0.4 is 10.1 Å². The van der Waals surface area contributed by atoms with Crippen molar-refractivity contribution in [2.24, 2.45) is 0 Å². The van der Waals surface area contributed by atoms with E-state index in [4.69, 9.17) is 11.2 Å². The van der Waals surface area contributed by atoms with E-state index >= 15 is 0 Å². The summed E-state index contributed by atoms with van der Waals surface area (Å²) in [5.74, 6) is 3.03. The quantitative estimate of drug-likeness (QED) is 0.719. The number of benzene rings is 2. The molecule has 1 N–H and O–H groups in total. The molecule has 0 bridgehead atoms. The van der Waals surface area contributed by atoms with Gasteiger partial charge < -0.3 is 10.1 Å². The first kappa shape index (κ1) is 16.2.